The molecule has 4 aromatic carbocycles. The van der Waals surface area contributed by atoms with E-state index in [0.717, 1.165) is 18.8 Å². The molecule has 4 nitrogen and oxygen atoms in total. The van der Waals surface area contributed by atoms with Crippen LogP contribution in [0.4, 0.5) is 0 Å². The maximum Gasteiger partial charge on any atom is 0.335 e. The predicted molar refractivity (Wildman–Crippen MR) is 130 cm³/mol. The molecule has 0 saturated heterocycles. The molecule has 0 bridgehead atoms. The average Bonchev–Trinajstić information content (AvgIpc) is 2.86. The van der Waals surface area contributed by atoms with Gasteiger partial charge in [-0.05, 0) is 61.0 Å². The highest BCUT2D eigenvalue weighted by Gasteiger charge is 2.28. The Kier molecular flexibility index (Phi) is 8.98. The molecular formula is C28H26O4S. The monoisotopic (exact) mass is 458 g/mol. The van der Waals surface area contributed by atoms with Gasteiger partial charge < -0.3 is 14.9 Å². The van der Waals surface area contributed by atoms with Crippen LogP contribution in [0.15, 0.2) is 124 Å². The number of carboxylic acids is 1. The first kappa shape index (κ1) is 24.0. The van der Waals surface area contributed by atoms with Crippen molar-refractivity contribution in [2.24, 2.45) is 0 Å². The van der Waals surface area contributed by atoms with Crippen LogP contribution in [-0.2, 0) is 10.9 Å². The number of para-hydroxylation sites is 1. The molecule has 0 radical (unpaired) electrons. The normalized spacial score (nSPS) is 10.2. The Bertz CT molecular complexity index is 1090. The zero-order valence-electron chi connectivity index (χ0n) is 18.4. The van der Waals surface area contributed by atoms with Gasteiger partial charge in [-0.1, -0.05) is 67.3 Å². The quantitative estimate of drug-likeness (QED) is 0.343. The van der Waals surface area contributed by atoms with E-state index in [1.54, 1.807) is 0 Å². The second-order valence-electron chi connectivity index (χ2n) is 7.05. The summed E-state index contributed by atoms with van der Waals surface area (Å²) in [6.45, 7) is 2.89. The summed E-state index contributed by atoms with van der Waals surface area (Å²) in [7, 11) is -0.0842. The third-order valence-electron chi connectivity index (χ3n) is 4.61. The lowest BCUT2D eigenvalue weighted by Crippen LogP contribution is -2.04. The van der Waals surface area contributed by atoms with Gasteiger partial charge in [-0.15, -0.1) is 0 Å². The number of carboxylic acid groups (broad SMARTS) is 1. The van der Waals surface area contributed by atoms with E-state index in [1.807, 2.05) is 0 Å². The summed E-state index contributed by atoms with van der Waals surface area (Å²) in [5.41, 5.74) is -0.178. The van der Waals surface area contributed by atoms with Gasteiger partial charge in [0.1, 0.15) is 5.75 Å². The fourth-order valence-electron chi connectivity index (χ4n) is 3.06. The minimum absolute atomic E-state index is 0.0842. The minimum Gasteiger partial charge on any atom is -0.872 e. The molecule has 33 heavy (non-hydrogen) atoms. The lowest BCUT2D eigenvalue weighted by atomic mass is 10.2. The van der Waals surface area contributed by atoms with Crippen LogP contribution in [0.2, 0.25) is 0 Å². The van der Waals surface area contributed by atoms with E-state index < -0.39 is 11.7 Å². The van der Waals surface area contributed by atoms with Crippen LogP contribution < -0.4 is 9.84 Å². The number of hydrogen-bond acceptors (Lipinski definition) is 3. The second-order valence-corrected chi connectivity index (χ2v) is 9.08. The largest absolute Gasteiger partial charge is 0.872 e. The van der Waals surface area contributed by atoms with Gasteiger partial charge in [-0.25, -0.2) is 4.79 Å². The summed E-state index contributed by atoms with van der Waals surface area (Å²) < 4.78 is 5.70. The number of ether oxygens (including phenoxy) is 1. The summed E-state index contributed by atoms with van der Waals surface area (Å²) in [5.74, 6) is -0.680. The highest BCUT2D eigenvalue weighted by molar-refractivity contribution is 7.97. The summed E-state index contributed by atoms with van der Waals surface area (Å²) >= 11 is 0. The van der Waals surface area contributed by atoms with Crippen LogP contribution in [0, 0.1) is 0 Å². The lowest BCUT2D eigenvalue weighted by molar-refractivity contribution is -0.268. The highest BCUT2D eigenvalue weighted by Crippen LogP contribution is 2.31. The number of hydrogen-bond donors (Lipinski definition) is 1. The van der Waals surface area contributed by atoms with Crippen LogP contribution in [0.3, 0.4) is 0 Å². The lowest BCUT2D eigenvalue weighted by Gasteiger charge is -2.09. The number of aromatic carboxylic acids is 1. The molecule has 0 aliphatic carbocycles. The molecule has 0 heterocycles. The zero-order valence-corrected chi connectivity index (χ0v) is 19.2. The molecule has 1 N–H and O–H groups in total. The second kappa shape index (κ2) is 12.4. The highest BCUT2D eigenvalue weighted by atomic mass is 32.2. The van der Waals surface area contributed by atoms with Gasteiger partial charge in [0.05, 0.1) is 23.1 Å². The molecular weight excluding hydrogens is 432 g/mol. The van der Waals surface area contributed by atoms with E-state index in [9.17, 15) is 9.90 Å². The van der Waals surface area contributed by atoms with E-state index in [2.05, 4.69) is 91.9 Å². The third-order valence-corrected chi connectivity index (χ3v) is 6.84. The molecule has 0 aliphatic heterocycles. The predicted octanol–water partition coefficient (Wildman–Crippen LogP) is 6.03. The van der Waals surface area contributed by atoms with E-state index in [1.165, 1.54) is 39.0 Å². The SMILES string of the molecule is CCCOc1ccc([S+](c2ccccc2)c2ccccc2)cc1.O=C(O)c1ccccc1[O-]. The van der Waals surface area contributed by atoms with Crippen molar-refractivity contribution >= 4 is 16.9 Å². The van der Waals surface area contributed by atoms with E-state index in [-0.39, 0.29) is 16.5 Å². The molecule has 5 heteroatoms. The van der Waals surface area contributed by atoms with Crippen molar-refractivity contribution in [3.63, 3.8) is 0 Å². The minimum atomic E-state index is -1.18. The van der Waals surface area contributed by atoms with Gasteiger partial charge in [0.25, 0.3) is 0 Å². The fourth-order valence-corrected chi connectivity index (χ4v) is 5.14. The summed E-state index contributed by atoms with van der Waals surface area (Å²) in [4.78, 5) is 14.2. The Labute approximate surface area is 197 Å². The van der Waals surface area contributed by atoms with Gasteiger partial charge in [0.15, 0.2) is 14.7 Å². The molecule has 0 amide bonds. The van der Waals surface area contributed by atoms with Crippen LogP contribution in [-0.4, -0.2) is 17.7 Å². The summed E-state index contributed by atoms with van der Waals surface area (Å²) in [5, 5.41) is 19.0. The Morgan fingerprint density at radius 2 is 1.24 bits per heavy atom. The van der Waals surface area contributed by atoms with Crippen LogP contribution in [0.25, 0.3) is 0 Å². The molecule has 0 unspecified atom stereocenters. The molecule has 168 valence electrons. The first-order valence-corrected chi connectivity index (χ1v) is 11.9. The first-order valence-electron chi connectivity index (χ1n) is 10.7. The van der Waals surface area contributed by atoms with Crippen LogP contribution >= 0.6 is 0 Å². The number of carbonyl (C=O) groups is 1. The molecule has 0 atom stereocenters. The van der Waals surface area contributed by atoms with Crippen molar-refractivity contribution in [2.45, 2.75) is 28.0 Å². The van der Waals surface area contributed by atoms with Crippen molar-refractivity contribution in [1.82, 2.24) is 0 Å². The number of benzene rings is 4. The van der Waals surface area contributed by atoms with Gasteiger partial charge in [-0.2, -0.15) is 0 Å². The third kappa shape index (κ3) is 6.89. The summed E-state index contributed by atoms with van der Waals surface area (Å²) in [6.07, 6.45) is 1.03. The standard InChI is InChI=1S/C21H21OS.C7H6O3/c1-2-17-22-18-13-15-21(16-14-18)23(19-9-5-3-6-10-19)20-11-7-4-8-12-20;8-6-4-2-1-3-5(6)7(9)10/h3-16H,2,17H2,1H3;1-4,8H,(H,9,10)/q+1;/p-1. The van der Waals surface area contributed by atoms with Crippen LogP contribution in [0.5, 0.6) is 11.5 Å². The fraction of sp³-hybridized carbons (Fsp3) is 0.107. The summed E-state index contributed by atoms with van der Waals surface area (Å²) in [6, 6.07) is 35.5. The smallest absolute Gasteiger partial charge is 0.335 e. The molecule has 0 spiro atoms. The topological polar surface area (TPSA) is 69.6 Å². The van der Waals surface area contributed by atoms with E-state index in [0.29, 0.717) is 0 Å². The first-order chi connectivity index (χ1) is 16.1. The van der Waals surface area contributed by atoms with Crippen LogP contribution in [0.1, 0.15) is 23.7 Å². The van der Waals surface area contributed by atoms with Crippen molar-refractivity contribution in [1.29, 1.82) is 0 Å². The zero-order chi connectivity index (χ0) is 23.5. The van der Waals surface area contributed by atoms with Gasteiger partial charge in [0, 0.05) is 0 Å². The maximum atomic E-state index is 10.7. The Morgan fingerprint density at radius 3 is 1.70 bits per heavy atom. The van der Waals surface area contributed by atoms with Crippen molar-refractivity contribution in [2.75, 3.05) is 6.61 Å². The molecule has 4 rings (SSSR count). The Morgan fingerprint density at radius 1 is 0.758 bits per heavy atom. The molecule has 4 aromatic rings. The number of rotatable bonds is 7. The van der Waals surface area contributed by atoms with Gasteiger partial charge in [0.2, 0.25) is 0 Å². The molecule has 0 fully saturated rings. The Balaban J connectivity index is 0.000000257. The van der Waals surface area contributed by atoms with Crippen molar-refractivity contribution < 1.29 is 19.7 Å². The molecule has 0 saturated carbocycles. The maximum absolute atomic E-state index is 10.7. The van der Waals surface area contributed by atoms with Gasteiger partial charge in [-0.3, -0.25) is 0 Å². The van der Waals surface area contributed by atoms with Crippen molar-refractivity contribution in [3.8, 4) is 11.5 Å². The average molecular weight is 459 g/mol. The molecule has 0 aliphatic rings. The Hall–Kier alpha value is -3.70. The van der Waals surface area contributed by atoms with E-state index >= 15 is 0 Å². The van der Waals surface area contributed by atoms with Gasteiger partial charge >= 0.3 is 5.97 Å². The van der Waals surface area contributed by atoms with Crippen molar-refractivity contribution in [3.05, 3.63) is 115 Å². The molecule has 0 aromatic heterocycles. The van der Waals surface area contributed by atoms with E-state index in [4.69, 9.17) is 9.84 Å².